The minimum Gasteiger partial charge on any atom is -0.366 e. The lowest BCUT2D eigenvalue weighted by Crippen LogP contribution is -2.48. The summed E-state index contributed by atoms with van der Waals surface area (Å²) in [6.45, 7) is 12.1. The number of benzene rings is 1. The summed E-state index contributed by atoms with van der Waals surface area (Å²) in [6.07, 6.45) is 0.266. The number of aryl methyl sites for hydroxylation is 1. The highest BCUT2D eigenvalue weighted by atomic mass is 19.4. The first-order valence-electron chi connectivity index (χ1n) is 10.3. The zero-order chi connectivity index (χ0) is 22.1. The molecule has 4 nitrogen and oxygen atoms in total. The van der Waals surface area contributed by atoms with Gasteiger partial charge in [-0.2, -0.15) is 18.3 Å². The maximum Gasteiger partial charge on any atom is 0.417 e. The molecule has 0 aliphatic carbocycles. The van der Waals surface area contributed by atoms with E-state index in [1.807, 2.05) is 0 Å². The molecule has 2 heterocycles. The smallest absolute Gasteiger partial charge is 0.366 e. The number of nitrogens with zero attached hydrogens (tertiary/aromatic N) is 3. The van der Waals surface area contributed by atoms with Crippen LogP contribution in [0.2, 0.25) is 0 Å². The summed E-state index contributed by atoms with van der Waals surface area (Å²) < 4.78 is 37.9. The molecule has 1 atom stereocenters. The van der Waals surface area contributed by atoms with Gasteiger partial charge in [0.2, 0.25) is 0 Å². The van der Waals surface area contributed by atoms with E-state index in [0.717, 1.165) is 42.8 Å². The van der Waals surface area contributed by atoms with Gasteiger partial charge < -0.3 is 4.90 Å². The van der Waals surface area contributed by atoms with Crippen LogP contribution in [0.3, 0.4) is 0 Å². The molecule has 1 unspecified atom stereocenters. The van der Waals surface area contributed by atoms with Gasteiger partial charge in [-0.25, -0.2) is 4.98 Å². The molecule has 30 heavy (non-hydrogen) atoms. The molecule has 3 rings (SSSR count). The number of hydrogen-bond acceptors (Lipinski definition) is 4. The zero-order valence-electron chi connectivity index (χ0n) is 18.1. The van der Waals surface area contributed by atoms with Crippen LogP contribution < -0.4 is 10.3 Å². The fourth-order valence-electron chi connectivity index (χ4n) is 4.23. The van der Waals surface area contributed by atoms with Crippen LogP contribution in [0.4, 0.5) is 24.7 Å². The third-order valence-electron chi connectivity index (χ3n) is 5.69. The Morgan fingerprint density at radius 2 is 2.03 bits per heavy atom. The summed E-state index contributed by atoms with van der Waals surface area (Å²) in [5.41, 5.74) is 6.72. The number of halogens is 3. The first-order chi connectivity index (χ1) is 14.0. The number of aromatic nitrogens is 1. The SMILES string of the molecule is CCCN1c2cc(C)c(/C=N/Nc3ccc(C(F)(F)F)cn3)cc2C(C)CC1(C)C. The Morgan fingerprint density at radius 1 is 1.30 bits per heavy atom. The molecule has 0 bridgehead atoms. The molecular formula is C23H29F3N4. The highest BCUT2D eigenvalue weighted by molar-refractivity contribution is 5.84. The third-order valence-corrected chi connectivity index (χ3v) is 5.69. The van der Waals surface area contributed by atoms with Crippen LogP contribution in [0.5, 0.6) is 0 Å². The maximum absolute atomic E-state index is 12.6. The van der Waals surface area contributed by atoms with Crippen molar-refractivity contribution >= 4 is 17.7 Å². The molecule has 1 aromatic heterocycles. The number of hydrazone groups is 1. The lowest BCUT2D eigenvalue weighted by molar-refractivity contribution is -0.137. The van der Waals surface area contributed by atoms with Crippen LogP contribution in [-0.2, 0) is 6.18 Å². The number of alkyl halides is 3. The lowest BCUT2D eigenvalue weighted by atomic mass is 9.79. The van der Waals surface area contributed by atoms with Crippen LogP contribution in [-0.4, -0.2) is 23.3 Å². The molecule has 0 saturated heterocycles. The Kier molecular flexibility index (Phi) is 6.11. The average molecular weight is 419 g/mol. The molecule has 0 fully saturated rings. The largest absolute Gasteiger partial charge is 0.417 e. The molecule has 0 spiro atoms. The van der Waals surface area contributed by atoms with Gasteiger partial charge in [0.15, 0.2) is 0 Å². The van der Waals surface area contributed by atoms with Crippen molar-refractivity contribution in [3.63, 3.8) is 0 Å². The van der Waals surface area contributed by atoms with Crippen LogP contribution in [0.15, 0.2) is 35.6 Å². The molecule has 2 aromatic rings. The first kappa shape index (κ1) is 22.1. The summed E-state index contributed by atoms with van der Waals surface area (Å²) in [5.74, 6) is 0.694. The monoisotopic (exact) mass is 418 g/mol. The molecule has 0 saturated carbocycles. The molecule has 1 aliphatic heterocycles. The highest BCUT2D eigenvalue weighted by Crippen LogP contribution is 2.44. The molecule has 0 amide bonds. The van der Waals surface area contributed by atoms with Crippen molar-refractivity contribution in [3.05, 3.63) is 52.7 Å². The van der Waals surface area contributed by atoms with Gasteiger partial charge in [0.1, 0.15) is 5.82 Å². The Hall–Kier alpha value is -2.57. The second-order valence-electron chi connectivity index (χ2n) is 8.64. The number of fused-ring (bicyclic) bond motifs is 1. The Bertz CT molecular complexity index is 917. The molecular weight excluding hydrogens is 389 g/mol. The molecule has 1 aliphatic rings. The zero-order valence-corrected chi connectivity index (χ0v) is 18.1. The number of pyridine rings is 1. The van der Waals surface area contributed by atoms with Gasteiger partial charge in [0, 0.05) is 24.0 Å². The van der Waals surface area contributed by atoms with Gasteiger partial charge >= 0.3 is 6.18 Å². The summed E-state index contributed by atoms with van der Waals surface area (Å²) in [7, 11) is 0. The van der Waals surface area contributed by atoms with Crippen molar-refractivity contribution < 1.29 is 13.2 Å². The number of rotatable bonds is 5. The van der Waals surface area contributed by atoms with E-state index in [1.165, 1.54) is 17.3 Å². The quantitative estimate of drug-likeness (QED) is 0.454. The van der Waals surface area contributed by atoms with Gasteiger partial charge in [-0.1, -0.05) is 13.8 Å². The second-order valence-corrected chi connectivity index (χ2v) is 8.64. The normalized spacial score (nSPS) is 18.5. The van der Waals surface area contributed by atoms with Crippen LogP contribution in [0, 0.1) is 6.92 Å². The average Bonchev–Trinajstić information content (AvgIpc) is 2.65. The molecule has 1 N–H and O–H groups in total. The third kappa shape index (κ3) is 4.60. The second kappa shape index (κ2) is 8.28. The van der Waals surface area contributed by atoms with E-state index in [2.05, 4.69) is 67.2 Å². The van der Waals surface area contributed by atoms with Crippen LogP contribution in [0.25, 0.3) is 0 Å². The van der Waals surface area contributed by atoms with E-state index >= 15 is 0 Å². The predicted octanol–water partition coefficient (Wildman–Crippen LogP) is 6.36. The van der Waals surface area contributed by atoms with Gasteiger partial charge in [-0.15, -0.1) is 0 Å². The number of hydrogen-bond donors (Lipinski definition) is 1. The van der Waals surface area contributed by atoms with Gasteiger partial charge in [0.05, 0.1) is 11.8 Å². The van der Waals surface area contributed by atoms with E-state index in [0.29, 0.717) is 5.92 Å². The molecule has 0 radical (unpaired) electrons. The maximum atomic E-state index is 12.6. The van der Waals surface area contributed by atoms with Crippen molar-refractivity contribution in [2.75, 3.05) is 16.9 Å². The van der Waals surface area contributed by atoms with E-state index in [4.69, 9.17) is 0 Å². The highest BCUT2D eigenvalue weighted by Gasteiger charge is 2.36. The summed E-state index contributed by atoms with van der Waals surface area (Å²) in [6, 6.07) is 6.66. The topological polar surface area (TPSA) is 40.5 Å². The van der Waals surface area contributed by atoms with E-state index in [9.17, 15) is 13.2 Å². The first-order valence-corrected chi connectivity index (χ1v) is 10.3. The van der Waals surface area contributed by atoms with E-state index in [-0.39, 0.29) is 11.4 Å². The summed E-state index contributed by atoms with van der Waals surface area (Å²) in [5, 5.41) is 4.19. The van der Waals surface area contributed by atoms with Gasteiger partial charge in [-0.3, -0.25) is 5.43 Å². The van der Waals surface area contributed by atoms with Gasteiger partial charge in [0.25, 0.3) is 0 Å². The van der Waals surface area contributed by atoms with E-state index < -0.39 is 11.7 Å². The van der Waals surface area contributed by atoms with Crippen LogP contribution >= 0.6 is 0 Å². The summed E-state index contributed by atoms with van der Waals surface area (Å²) in [4.78, 5) is 6.28. The molecule has 162 valence electrons. The number of anilines is 2. The van der Waals surface area contributed by atoms with Crippen molar-refractivity contribution in [2.45, 2.75) is 65.1 Å². The standard InChI is InChI=1S/C23H29F3N4/c1-6-9-30-20-10-15(2)17(11-19(20)16(3)12-22(30,4)5)13-28-29-21-8-7-18(14-27-21)23(24,25)26/h7-8,10-11,13-14,16H,6,9,12H2,1-5H3,(H,27,29)/b28-13+. The minimum atomic E-state index is -4.40. The van der Waals surface area contributed by atoms with Crippen molar-refractivity contribution in [2.24, 2.45) is 5.10 Å². The fourth-order valence-corrected chi connectivity index (χ4v) is 4.23. The Labute approximate surface area is 176 Å². The lowest BCUT2D eigenvalue weighted by Gasteiger charge is -2.48. The fraction of sp³-hybridized carbons (Fsp3) is 0.478. The van der Waals surface area contributed by atoms with Crippen molar-refractivity contribution in [1.82, 2.24) is 4.98 Å². The van der Waals surface area contributed by atoms with Crippen LogP contribution in [0.1, 0.15) is 68.7 Å². The van der Waals surface area contributed by atoms with Gasteiger partial charge in [-0.05, 0) is 80.5 Å². The predicted molar refractivity (Wildman–Crippen MR) is 116 cm³/mol. The minimum absolute atomic E-state index is 0.111. The number of nitrogens with one attached hydrogen (secondary N) is 1. The van der Waals surface area contributed by atoms with E-state index in [1.54, 1.807) is 6.21 Å². The summed E-state index contributed by atoms with van der Waals surface area (Å²) >= 11 is 0. The molecule has 7 heteroatoms. The van der Waals surface area contributed by atoms with Crippen molar-refractivity contribution in [1.29, 1.82) is 0 Å². The Morgan fingerprint density at radius 3 is 2.63 bits per heavy atom. The molecule has 1 aromatic carbocycles. The van der Waals surface area contributed by atoms with Crippen molar-refractivity contribution in [3.8, 4) is 0 Å². The Balaban J connectivity index is 1.82.